The fourth-order valence-corrected chi connectivity index (χ4v) is 4.12. The van der Waals surface area contributed by atoms with Crippen molar-refractivity contribution in [3.8, 4) is 5.75 Å². The first-order valence-corrected chi connectivity index (χ1v) is 9.41. The highest BCUT2D eigenvalue weighted by atomic mass is 79.9. The summed E-state index contributed by atoms with van der Waals surface area (Å²) in [5.41, 5.74) is 3.61. The first kappa shape index (κ1) is 16.3. The largest absolute Gasteiger partial charge is 0.497 e. The van der Waals surface area contributed by atoms with Crippen LogP contribution < -0.4 is 10.2 Å². The molecule has 4 nitrogen and oxygen atoms in total. The number of nitrogens with zero attached hydrogens (tertiary/aromatic N) is 2. The molecule has 0 spiro atoms. The maximum absolute atomic E-state index is 13.2. The van der Waals surface area contributed by atoms with Gasteiger partial charge in [0, 0.05) is 45.3 Å². The van der Waals surface area contributed by atoms with Crippen LogP contribution in [0, 0.1) is 0 Å². The molecule has 5 rings (SSSR count). The van der Waals surface area contributed by atoms with Crippen molar-refractivity contribution in [1.29, 1.82) is 0 Å². The van der Waals surface area contributed by atoms with E-state index in [-0.39, 0.29) is 5.43 Å². The number of methoxy groups -OCH3 is 1. The van der Waals surface area contributed by atoms with Gasteiger partial charge in [0.05, 0.1) is 23.5 Å². The van der Waals surface area contributed by atoms with E-state index in [1.54, 1.807) is 13.3 Å². The van der Waals surface area contributed by atoms with Gasteiger partial charge in [-0.15, -0.1) is 0 Å². The average Bonchev–Trinajstić information content (AvgIpc) is 2.99. The number of hydrogen-bond acceptors (Lipinski definition) is 3. The maximum Gasteiger partial charge on any atom is 0.193 e. The lowest BCUT2D eigenvalue weighted by Crippen LogP contribution is -2.12. The second kappa shape index (κ2) is 6.06. The molecule has 0 fully saturated rings. The molecule has 0 saturated carbocycles. The minimum absolute atomic E-state index is 0.0268. The quantitative estimate of drug-likeness (QED) is 0.422. The predicted molar refractivity (Wildman–Crippen MR) is 111 cm³/mol. The zero-order chi connectivity index (χ0) is 18.5. The van der Waals surface area contributed by atoms with Crippen LogP contribution in [0.4, 0.5) is 0 Å². The van der Waals surface area contributed by atoms with Gasteiger partial charge < -0.3 is 9.14 Å². The number of fused-ring (bicyclic) bond motifs is 3. The van der Waals surface area contributed by atoms with E-state index >= 15 is 0 Å². The van der Waals surface area contributed by atoms with Crippen LogP contribution >= 0.6 is 15.9 Å². The lowest BCUT2D eigenvalue weighted by molar-refractivity contribution is 0.416. The smallest absolute Gasteiger partial charge is 0.193 e. The van der Waals surface area contributed by atoms with Crippen LogP contribution in [0.2, 0.25) is 0 Å². The van der Waals surface area contributed by atoms with Crippen LogP contribution in [0.15, 0.2) is 70.2 Å². The highest BCUT2D eigenvalue weighted by molar-refractivity contribution is 9.10. The second-order valence-corrected chi connectivity index (χ2v) is 7.50. The fourth-order valence-electron chi connectivity index (χ4n) is 3.76. The van der Waals surface area contributed by atoms with Crippen molar-refractivity contribution in [3.05, 3.63) is 86.9 Å². The molecule has 0 aliphatic heterocycles. The highest BCUT2D eigenvalue weighted by Gasteiger charge is 2.17. The van der Waals surface area contributed by atoms with Crippen molar-refractivity contribution < 1.29 is 4.74 Å². The molecular weight excluding hydrogens is 404 g/mol. The molecule has 0 aliphatic carbocycles. The van der Waals surface area contributed by atoms with E-state index in [2.05, 4.69) is 37.4 Å². The lowest BCUT2D eigenvalue weighted by Gasteiger charge is -2.08. The van der Waals surface area contributed by atoms with Gasteiger partial charge in [0.2, 0.25) is 0 Å². The molecule has 0 aliphatic rings. The standard InChI is InChI=1S/C22H15BrN2O2/c1-27-16-10-18-17-9-14(23)5-6-20(17)25-12-13(8-15-4-2-3-7-24-15)22(26)19(11-16)21(18)25/h2-7,9-12H,8H2,1H3. The Kier molecular flexibility index (Phi) is 3.65. The number of hydrogen-bond donors (Lipinski definition) is 0. The van der Waals surface area contributed by atoms with Crippen molar-refractivity contribution in [2.45, 2.75) is 6.42 Å². The number of ether oxygens (including phenoxy) is 1. The van der Waals surface area contributed by atoms with E-state index in [4.69, 9.17) is 4.74 Å². The molecule has 0 atom stereocenters. The van der Waals surface area contributed by atoms with Crippen molar-refractivity contribution in [3.63, 3.8) is 0 Å². The van der Waals surface area contributed by atoms with E-state index in [0.29, 0.717) is 17.6 Å². The Morgan fingerprint density at radius 1 is 1.07 bits per heavy atom. The average molecular weight is 419 g/mol. The minimum atomic E-state index is 0.0268. The third kappa shape index (κ3) is 2.50. The molecule has 5 aromatic rings. The number of benzene rings is 2. The van der Waals surface area contributed by atoms with Crippen LogP contribution in [-0.4, -0.2) is 16.5 Å². The highest BCUT2D eigenvalue weighted by Crippen LogP contribution is 2.35. The molecule has 132 valence electrons. The van der Waals surface area contributed by atoms with Crippen LogP contribution in [0.1, 0.15) is 11.3 Å². The number of rotatable bonds is 3. The Morgan fingerprint density at radius 2 is 1.93 bits per heavy atom. The summed E-state index contributed by atoms with van der Waals surface area (Å²) in [5, 5.41) is 2.77. The number of pyridine rings is 2. The molecule has 0 unspecified atom stereocenters. The normalized spacial score (nSPS) is 11.6. The summed E-state index contributed by atoms with van der Waals surface area (Å²) in [5.74, 6) is 0.684. The summed E-state index contributed by atoms with van der Waals surface area (Å²) in [6.45, 7) is 0. The van der Waals surface area contributed by atoms with Gasteiger partial charge in [0.1, 0.15) is 5.75 Å². The summed E-state index contributed by atoms with van der Waals surface area (Å²) in [4.78, 5) is 17.6. The molecular formula is C22H15BrN2O2. The number of halogens is 1. The first-order chi connectivity index (χ1) is 13.2. The van der Waals surface area contributed by atoms with Gasteiger partial charge in [-0.3, -0.25) is 9.78 Å². The summed E-state index contributed by atoms with van der Waals surface area (Å²) < 4.78 is 8.59. The zero-order valence-corrected chi connectivity index (χ0v) is 16.2. The van der Waals surface area contributed by atoms with E-state index < -0.39 is 0 Å². The minimum Gasteiger partial charge on any atom is -0.497 e. The Hall–Kier alpha value is -2.92. The van der Waals surface area contributed by atoms with Gasteiger partial charge in [0.15, 0.2) is 5.43 Å². The van der Waals surface area contributed by atoms with Gasteiger partial charge in [-0.05, 0) is 42.5 Å². The van der Waals surface area contributed by atoms with Gasteiger partial charge in [-0.25, -0.2) is 0 Å². The topological polar surface area (TPSA) is 43.6 Å². The van der Waals surface area contributed by atoms with E-state index in [1.165, 1.54) is 0 Å². The van der Waals surface area contributed by atoms with Crippen molar-refractivity contribution in [2.24, 2.45) is 0 Å². The molecule has 0 saturated heterocycles. The van der Waals surface area contributed by atoms with Crippen molar-refractivity contribution >= 4 is 43.1 Å². The summed E-state index contributed by atoms with van der Waals surface area (Å²) in [6, 6.07) is 15.8. The van der Waals surface area contributed by atoms with E-state index in [1.807, 2.05) is 42.6 Å². The molecule has 0 radical (unpaired) electrons. The number of aromatic nitrogens is 2. The Balaban J connectivity index is 1.91. The lowest BCUT2D eigenvalue weighted by atomic mass is 10.1. The Bertz CT molecular complexity index is 1360. The van der Waals surface area contributed by atoms with Crippen molar-refractivity contribution in [1.82, 2.24) is 9.38 Å². The summed E-state index contributed by atoms with van der Waals surface area (Å²) in [6.07, 6.45) is 4.20. The summed E-state index contributed by atoms with van der Waals surface area (Å²) >= 11 is 3.56. The first-order valence-electron chi connectivity index (χ1n) is 8.62. The molecule has 0 amide bonds. The van der Waals surface area contributed by atoms with Crippen LogP contribution in [-0.2, 0) is 6.42 Å². The van der Waals surface area contributed by atoms with Gasteiger partial charge >= 0.3 is 0 Å². The van der Waals surface area contributed by atoms with E-state index in [9.17, 15) is 4.79 Å². The third-order valence-electron chi connectivity index (χ3n) is 4.99. The monoisotopic (exact) mass is 418 g/mol. The molecule has 27 heavy (non-hydrogen) atoms. The van der Waals surface area contributed by atoms with E-state index in [0.717, 1.165) is 37.5 Å². The molecule has 0 bridgehead atoms. The maximum atomic E-state index is 13.2. The van der Waals surface area contributed by atoms with Crippen LogP contribution in [0.5, 0.6) is 5.75 Å². The molecule has 0 N–H and O–H groups in total. The molecule has 5 heteroatoms. The molecule has 3 heterocycles. The molecule has 2 aromatic carbocycles. The molecule has 3 aromatic heterocycles. The predicted octanol–water partition coefficient (Wildman–Crippen LogP) is 4.80. The Labute approximate surface area is 163 Å². The van der Waals surface area contributed by atoms with Gasteiger partial charge in [0.25, 0.3) is 0 Å². The van der Waals surface area contributed by atoms with Crippen LogP contribution in [0.3, 0.4) is 0 Å². The summed E-state index contributed by atoms with van der Waals surface area (Å²) in [7, 11) is 1.63. The zero-order valence-electron chi connectivity index (χ0n) is 14.6. The second-order valence-electron chi connectivity index (χ2n) is 6.58. The SMILES string of the molecule is COc1cc2c(=O)c(Cc3ccccn3)cn3c4ccc(Br)cc4c(c1)c23. The fraction of sp³-hybridized carbons (Fsp3) is 0.0909. The van der Waals surface area contributed by atoms with Crippen LogP contribution in [0.25, 0.3) is 27.2 Å². The van der Waals surface area contributed by atoms with Crippen molar-refractivity contribution in [2.75, 3.05) is 7.11 Å². The van der Waals surface area contributed by atoms with Gasteiger partial charge in [-0.1, -0.05) is 22.0 Å². The van der Waals surface area contributed by atoms with Gasteiger partial charge in [-0.2, -0.15) is 0 Å². The third-order valence-corrected chi connectivity index (χ3v) is 5.48. The Morgan fingerprint density at radius 3 is 2.70 bits per heavy atom.